The van der Waals surface area contributed by atoms with Crippen LogP contribution in [-0.2, 0) is 4.79 Å². The van der Waals surface area contributed by atoms with Crippen molar-refractivity contribution >= 4 is 27.8 Å². The summed E-state index contributed by atoms with van der Waals surface area (Å²) in [5.41, 5.74) is 1.20. The molecular formula is C14H15BrO. The number of carbonyl (C=O) groups excluding carboxylic acids is 1. The molecule has 0 N–H and O–H groups in total. The van der Waals surface area contributed by atoms with Crippen molar-refractivity contribution in [3.05, 3.63) is 42.0 Å². The van der Waals surface area contributed by atoms with Gasteiger partial charge in [0.15, 0.2) is 0 Å². The van der Waals surface area contributed by atoms with E-state index in [1.54, 1.807) is 0 Å². The van der Waals surface area contributed by atoms with Gasteiger partial charge in [0.25, 0.3) is 0 Å². The van der Waals surface area contributed by atoms with Gasteiger partial charge < -0.3 is 0 Å². The molecule has 1 saturated carbocycles. The summed E-state index contributed by atoms with van der Waals surface area (Å²) in [7, 11) is 0. The normalized spacial score (nSPS) is 25.4. The van der Waals surface area contributed by atoms with Gasteiger partial charge in [-0.05, 0) is 18.4 Å². The number of ketones is 1. The number of Topliss-reactive ketones (excluding diaryl/α,β-unsaturated/α-hetero) is 1. The minimum Gasteiger partial charge on any atom is -0.299 e. The first-order valence-electron chi connectivity index (χ1n) is 5.64. The Morgan fingerprint density at radius 3 is 2.69 bits per heavy atom. The quantitative estimate of drug-likeness (QED) is 0.768. The Bertz CT molecular complexity index is 383. The van der Waals surface area contributed by atoms with Crippen LogP contribution in [0.5, 0.6) is 0 Å². The maximum absolute atomic E-state index is 11.6. The molecule has 84 valence electrons. The fraction of sp³-hybridized carbons (Fsp3) is 0.357. The van der Waals surface area contributed by atoms with Gasteiger partial charge in [-0.15, -0.1) is 0 Å². The third kappa shape index (κ3) is 3.05. The van der Waals surface area contributed by atoms with Crippen molar-refractivity contribution in [2.75, 3.05) is 0 Å². The van der Waals surface area contributed by atoms with E-state index in [2.05, 4.69) is 40.2 Å². The zero-order valence-corrected chi connectivity index (χ0v) is 10.7. The molecule has 16 heavy (non-hydrogen) atoms. The Kier molecular flexibility index (Phi) is 3.94. The number of allylic oxidation sites excluding steroid dienone is 1. The Labute approximate surface area is 105 Å². The van der Waals surface area contributed by atoms with Gasteiger partial charge >= 0.3 is 0 Å². The van der Waals surface area contributed by atoms with E-state index in [0.717, 1.165) is 12.8 Å². The molecule has 2 heteroatoms. The van der Waals surface area contributed by atoms with E-state index in [0.29, 0.717) is 17.0 Å². The molecule has 1 aliphatic rings. The number of carbonyl (C=O) groups is 1. The van der Waals surface area contributed by atoms with Crippen LogP contribution in [0.25, 0.3) is 6.08 Å². The largest absolute Gasteiger partial charge is 0.299 e. The van der Waals surface area contributed by atoms with Crippen molar-refractivity contribution < 1.29 is 4.79 Å². The first-order chi connectivity index (χ1) is 7.75. The van der Waals surface area contributed by atoms with Gasteiger partial charge in [-0.3, -0.25) is 4.79 Å². The van der Waals surface area contributed by atoms with Crippen LogP contribution in [0.3, 0.4) is 0 Å². The summed E-state index contributed by atoms with van der Waals surface area (Å²) >= 11 is 3.51. The minimum absolute atomic E-state index is 0.226. The maximum atomic E-state index is 11.6. The summed E-state index contributed by atoms with van der Waals surface area (Å²) in [6, 6.07) is 10.2. The predicted octanol–water partition coefficient (Wildman–Crippen LogP) is 3.83. The van der Waals surface area contributed by atoms with E-state index in [-0.39, 0.29) is 5.92 Å². The number of halogens is 1. The van der Waals surface area contributed by atoms with E-state index in [1.165, 1.54) is 5.56 Å². The number of hydrogen-bond acceptors (Lipinski definition) is 1. The van der Waals surface area contributed by atoms with Crippen LogP contribution in [0.1, 0.15) is 24.8 Å². The molecule has 0 amide bonds. The molecule has 2 unspecified atom stereocenters. The highest BCUT2D eigenvalue weighted by Crippen LogP contribution is 2.30. The fourth-order valence-corrected chi connectivity index (χ4v) is 2.84. The molecule has 1 aliphatic carbocycles. The highest BCUT2D eigenvalue weighted by molar-refractivity contribution is 9.09. The zero-order chi connectivity index (χ0) is 11.4. The number of hydrogen-bond donors (Lipinski definition) is 0. The Hall–Kier alpha value is -0.890. The molecule has 0 aliphatic heterocycles. The second kappa shape index (κ2) is 5.44. The molecule has 1 aromatic carbocycles. The van der Waals surface area contributed by atoms with Gasteiger partial charge in [0.1, 0.15) is 5.78 Å². The highest BCUT2D eigenvalue weighted by atomic mass is 79.9. The summed E-state index contributed by atoms with van der Waals surface area (Å²) in [6.07, 6.45) is 6.76. The van der Waals surface area contributed by atoms with Gasteiger partial charge in [-0.25, -0.2) is 0 Å². The van der Waals surface area contributed by atoms with E-state index in [4.69, 9.17) is 0 Å². The van der Waals surface area contributed by atoms with Crippen LogP contribution in [0.15, 0.2) is 36.4 Å². The van der Waals surface area contributed by atoms with E-state index in [1.807, 2.05) is 18.2 Å². The molecule has 0 spiro atoms. The monoisotopic (exact) mass is 278 g/mol. The molecule has 1 fully saturated rings. The zero-order valence-electron chi connectivity index (χ0n) is 9.10. The highest BCUT2D eigenvalue weighted by Gasteiger charge is 2.29. The van der Waals surface area contributed by atoms with Crippen LogP contribution >= 0.6 is 15.9 Å². The Morgan fingerprint density at radius 2 is 2.06 bits per heavy atom. The molecule has 0 heterocycles. The minimum atomic E-state index is 0.226. The lowest BCUT2D eigenvalue weighted by Gasteiger charge is -2.02. The third-order valence-electron chi connectivity index (χ3n) is 2.95. The predicted molar refractivity (Wildman–Crippen MR) is 70.5 cm³/mol. The molecule has 0 saturated heterocycles. The maximum Gasteiger partial charge on any atom is 0.137 e. The van der Waals surface area contributed by atoms with E-state index in [9.17, 15) is 4.79 Å². The molecule has 2 rings (SSSR count). The number of alkyl halides is 1. The molecular weight excluding hydrogens is 264 g/mol. The molecule has 0 aromatic heterocycles. The van der Waals surface area contributed by atoms with Crippen LogP contribution in [0.4, 0.5) is 0 Å². The smallest absolute Gasteiger partial charge is 0.137 e. The summed E-state index contributed by atoms with van der Waals surface area (Å²) in [6.45, 7) is 0. The van der Waals surface area contributed by atoms with Gasteiger partial charge in [0.05, 0.1) is 0 Å². The lowest BCUT2D eigenvalue weighted by molar-refractivity contribution is -0.120. The lowest BCUT2D eigenvalue weighted by Crippen LogP contribution is -2.03. The molecule has 0 bridgehead atoms. The summed E-state index contributed by atoms with van der Waals surface area (Å²) in [5, 5.41) is 0. The SMILES string of the molecule is O=C1CC(Br)CC1CC=Cc1ccccc1. The summed E-state index contributed by atoms with van der Waals surface area (Å²) < 4.78 is 0. The second-order valence-electron chi connectivity index (χ2n) is 4.25. The van der Waals surface area contributed by atoms with Gasteiger partial charge in [-0.1, -0.05) is 58.4 Å². The van der Waals surface area contributed by atoms with Gasteiger partial charge in [0.2, 0.25) is 0 Å². The van der Waals surface area contributed by atoms with Crippen molar-refractivity contribution in [1.29, 1.82) is 0 Å². The first kappa shape index (κ1) is 11.6. The van der Waals surface area contributed by atoms with Crippen LogP contribution in [-0.4, -0.2) is 10.6 Å². The van der Waals surface area contributed by atoms with E-state index >= 15 is 0 Å². The van der Waals surface area contributed by atoms with E-state index < -0.39 is 0 Å². The lowest BCUT2D eigenvalue weighted by atomic mass is 10.0. The van der Waals surface area contributed by atoms with Crippen LogP contribution in [0, 0.1) is 5.92 Å². The fourth-order valence-electron chi connectivity index (χ4n) is 2.07. The standard InChI is InChI=1S/C14H15BrO/c15-13-9-12(14(16)10-13)8-4-7-11-5-2-1-3-6-11/h1-7,12-13H,8-10H2. The Morgan fingerprint density at radius 1 is 1.31 bits per heavy atom. The van der Waals surface area contributed by atoms with Gasteiger partial charge in [0, 0.05) is 17.2 Å². The molecule has 1 nitrogen and oxygen atoms in total. The summed E-state index contributed by atoms with van der Waals surface area (Å²) in [5.74, 6) is 0.629. The average Bonchev–Trinajstić information content (AvgIpc) is 2.59. The van der Waals surface area contributed by atoms with Gasteiger partial charge in [-0.2, -0.15) is 0 Å². The van der Waals surface area contributed by atoms with Crippen molar-refractivity contribution in [1.82, 2.24) is 0 Å². The molecule has 2 atom stereocenters. The van der Waals surface area contributed by atoms with Crippen LogP contribution < -0.4 is 0 Å². The van der Waals surface area contributed by atoms with Crippen molar-refractivity contribution in [3.8, 4) is 0 Å². The van der Waals surface area contributed by atoms with Crippen molar-refractivity contribution in [2.24, 2.45) is 5.92 Å². The topological polar surface area (TPSA) is 17.1 Å². The number of rotatable bonds is 3. The Balaban J connectivity index is 1.88. The third-order valence-corrected chi connectivity index (χ3v) is 3.65. The first-order valence-corrected chi connectivity index (χ1v) is 6.55. The van der Waals surface area contributed by atoms with Crippen LogP contribution in [0.2, 0.25) is 0 Å². The average molecular weight is 279 g/mol. The summed E-state index contributed by atoms with van der Waals surface area (Å²) in [4.78, 5) is 12.0. The number of benzene rings is 1. The van der Waals surface area contributed by atoms with Crippen molar-refractivity contribution in [3.63, 3.8) is 0 Å². The molecule has 1 aromatic rings. The second-order valence-corrected chi connectivity index (χ2v) is 5.54. The van der Waals surface area contributed by atoms with Crippen molar-refractivity contribution in [2.45, 2.75) is 24.1 Å². The molecule has 0 radical (unpaired) electrons.